The van der Waals surface area contributed by atoms with Crippen LogP contribution in [0, 0.1) is 5.41 Å². The maximum absolute atomic E-state index is 12.9. The monoisotopic (exact) mass is 494 g/mol. The van der Waals surface area contributed by atoms with E-state index in [2.05, 4.69) is 73.9 Å². The van der Waals surface area contributed by atoms with E-state index in [4.69, 9.17) is 0 Å². The van der Waals surface area contributed by atoms with Crippen molar-refractivity contribution in [1.29, 1.82) is 0 Å². The second kappa shape index (κ2) is 20.9. The van der Waals surface area contributed by atoms with Gasteiger partial charge in [-0.15, -0.1) is 0 Å². The van der Waals surface area contributed by atoms with E-state index in [0.717, 1.165) is 34.5 Å². The Hall–Kier alpha value is 1.85. The van der Waals surface area contributed by atoms with Crippen LogP contribution < -0.4 is 0 Å². The molecular formula is C24H41Li3O3S3. The SMILES string of the molecule is [Li][CH](C)CSCCC(=O)CC(CC)(CC(=O)CCSC[CH]([Li])C)CC(=O)CCSC[CH]([Li])C. The van der Waals surface area contributed by atoms with E-state index in [1.54, 1.807) is 0 Å². The number of ketones is 3. The summed E-state index contributed by atoms with van der Waals surface area (Å²) in [5, 5.41) is 0. The zero-order valence-electron chi connectivity index (χ0n) is 22.4. The van der Waals surface area contributed by atoms with Gasteiger partial charge in [0.15, 0.2) is 0 Å². The van der Waals surface area contributed by atoms with Crippen LogP contribution in [0.25, 0.3) is 0 Å². The summed E-state index contributed by atoms with van der Waals surface area (Å²) in [7, 11) is 0. The number of carbonyl (C=O) groups is 3. The van der Waals surface area contributed by atoms with Crippen LogP contribution in [-0.2, 0) is 14.4 Å². The molecule has 0 N–H and O–H groups in total. The van der Waals surface area contributed by atoms with Crippen molar-refractivity contribution in [2.24, 2.45) is 5.41 Å². The van der Waals surface area contributed by atoms with Crippen molar-refractivity contribution < 1.29 is 14.4 Å². The molecule has 0 heterocycles. The third-order valence-corrected chi connectivity index (χ3v) is 9.58. The molecule has 33 heavy (non-hydrogen) atoms. The van der Waals surface area contributed by atoms with Gasteiger partial charge in [0.1, 0.15) is 0 Å². The minimum atomic E-state index is -0.501. The molecule has 0 saturated heterocycles. The topological polar surface area (TPSA) is 51.2 Å². The summed E-state index contributed by atoms with van der Waals surface area (Å²) in [6.07, 6.45) is 3.40. The molecule has 0 saturated carbocycles. The number of rotatable bonds is 22. The second-order valence-electron chi connectivity index (χ2n) is 10.7. The molecule has 3 unspecified atom stereocenters. The number of hydrogen-bond acceptors (Lipinski definition) is 6. The van der Waals surface area contributed by atoms with Gasteiger partial charge in [0, 0.05) is 0 Å². The zero-order valence-corrected chi connectivity index (χ0v) is 24.8. The number of carbonyl (C=O) groups excluding carboxylic acids is 3. The van der Waals surface area contributed by atoms with Crippen LogP contribution in [0.2, 0.25) is 13.8 Å². The van der Waals surface area contributed by atoms with Crippen LogP contribution in [0.4, 0.5) is 0 Å². The van der Waals surface area contributed by atoms with Crippen molar-refractivity contribution in [1.82, 2.24) is 0 Å². The number of Topliss-reactive ketones (excluding diaryl/α,β-unsaturated/α-hetero) is 3. The van der Waals surface area contributed by atoms with E-state index >= 15 is 0 Å². The second-order valence-corrected chi connectivity index (χ2v) is 14.1. The van der Waals surface area contributed by atoms with Gasteiger partial charge in [-0.2, -0.15) is 0 Å². The van der Waals surface area contributed by atoms with Gasteiger partial charge in [-0.3, -0.25) is 0 Å². The average Bonchev–Trinajstić information content (AvgIpc) is 2.71. The van der Waals surface area contributed by atoms with E-state index in [1.165, 1.54) is 0 Å². The van der Waals surface area contributed by atoms with Crippen LogP contribution in [0.5, 0.6) is 0 Å². The van der Waals surface area contributed by atoms with Crippen molar-refractivity contribution in [3.63, 3.8) is 0 Å². The maximum atomic E-state index is 12.9. The molecule has 0 rings (SSSR count). The summed E-state index contributed by atoms with van der Waals surface area (Å²) in [6.45, 7) is 8.61. The Morgan fingerprint density at radius 2 is 0.909 bits per heavy atom. The minimum absolute atomic E-state index is 0.206. The van der Waals surface area contributed by atoms with Crippen LogP contribution in [0.15, 0.2) is 0 Å². The predicted octanol–water partition coefficient (Wildman–Crippen LogP) is 5.56. The predicted molar refractivity (Wildman–Crippen MR) is 153 cm³/mol. The van der Waals surface area contributed by atoms with Crippen molar-refractivity contribution in [3.8, 4) is 0 Å². The van der Waals surface area contributed by atoms with Crippen molar-refractivity contribution >= 4 is 106 Å². The quantitative estimate of drug-likeness (QED) is 0.145. The molecule has 0 aromatic rings. The molecule has 0 bridgehead atoms. The van der Waals surface area contributed by atoms with E-state index in [0.29, 0.717) is 58.7 Å². The normalized spacial score (nSPS) is 16.2. The van der Waals surface area contributed by atoms with Gasteiger partial charge in [-0.25, -0.2) is 0 Å². The molecule has 3 nitrogen and oxygen atoms in total. The molecule has 176 valence electrons. The van der Waals surface area contributed by atoms with Gasteiger partial charge in [0.25, 0.3) is 0 Å². The summed E-state index contributed by atoms with van der Waals surface area (Å²) in [5.74, 6) is 6.29. The Balaban J connectivity index is 4.98. The van der Waals surface area contributed by atoms with E-state index < -0.39 is 5.41 Å². The molecule has 3 atom stereocenters. The molecule has 0 radical (unpaired) electrons. The summed E-state index contributed by atoms with van der Waals surface area (Å²) >= 11 is 12.0. The van der Waals surface area contributed by atoms with Crippen LogP contribution in [-0.4, -0.2) is 105 Å². The fraction of sp³-hybridized carbons (Fsp3) is 0.875. The molecule has 0 aromatic carbocycles. The number of hydrogen-bond donors (Lipinski definition) is 0. The molecule has 0 aromatic heterocycles. The fourth-order valence-corrected chi connectivity index (χ4v) is 6.63. The summed E-state index contributed by atoms with van der Waals surface area (Å²) in [4.78, 5) is 38.6. The Kier molecular flexibility index (Phi) is 22.0. The van der Waals surface area contributed by atoms with Crippen molar-refractivity contribution in [2.45, 2.75) is 86.4 Å². The Morgan fingerprint density at radius 1 is 0.636 bits per heavy atom. The molecule has 0 aliphatic heterocycles. The molecule has 0 spiro atoms. The third-order valence-electron chi connectivity index (χ3n) is 5.40. The van der Waals surface area contributed by atoms with Gasteiger partial charge in [0.2, 0.25) is 0 Å². The molecular weight excluding hydrogens is 453 g/mol. The van der Waals surface area contributed by atoms with Gasteiger partial charge in [-0.05, 0) is 0 Å². The fourth-order valence-electron chi connectivity index (χ4n) is 3.60. The molecule has 9 heteroatoms. The first-order valence-corrected chi connectivity index (χ1v) is 16.2. The number of thioether (sulfide) groups is 3. The summed E-state index contributed by atoms with van der Waals surface area (Å²) < 4.78 is 1.87. The van der Waals surface area contributed by atoms with Crippen molar-refractivity contribution in [3.05, 3.63) is 0 Å². The van der Waals surface area contributed by atoms with E-state index in [-0.39, 0.29) is 17.3 Å². The van der Waals surface area contributed by atoms with Gasteiger partial charge in [-0.1, -0.05) is 0 Å². The molecule has 0 fully saturated rings. The van der Waals surface area contributed by atoms with Gasteiger partial charge >= 0.3 is 247 Å². The van der Waals surface area contributed by atoms with Gasteiger partial charge in [0.05, 0.1) is 0 Å². The molecule has 0 aliphatic rings. The summed E-state index contributed by atoms with van der Waals surface area (Å²) in [6, 6.07) is 0. The van der Waals surface area contributed by atoms with Crippen molar-refractivity contribution in [2.75, 3.05) is 34.5 Å². The standard InChI is InChI=1S/C24H41O3S3.3Li/c1-5-12-28-15-9-21(25)18-24(8-4,19-22(26)10-16-29-13-6-2)20-23(27)11-17-30-14-7-3;;;/h5-7H,8-20H2,1-4H3;;;. The van der Waals surface area contributed by atoms with E-state index in [1.807, 2.05) is 42.2 Å². The summed E-state index contributed by atoms with van der Waals surface area (Å²) in [5.41, 5.74) is -0.501. The van der Waals surface area contributed by atoms with E-state index in [9.17, 15) is 14.4 Å². The third kappa shape index (κ3) is 20.6. The van der Waals surface area contributed by atoms with Crippen LogP contribution in [0.1, 0.15) is 72.6 Å². The average molecular weight is 495 g/mol. The Labute approximate surface area is 244 Å². The van der Waals surface area contributed by atoms with Crippen LogP contribution >= 0.6 is 35.3 Å². The molecule has 0 aliphatic carbocycles. The molecule has 0 amide bonds. The Bertz CT molecular complexity index is 498. The first-order chi connectivity index (χ1) is 15.5. The first-order valence-electron chi connectivity index (χ1n) is 12.8. The zero-order chi connectivity index (χ0) is 25.3. The van der Waals surface area contributed by atoms with Gasteiger partial charge < -0.3 is 0 Å². The Morgan fingerprint density at radius 3 is 1.12 bits per heavy atom. The first kappa shape index (κ1) is 34.9. The van der Waals surface area contributed by atoms with Crippen LogP contribution in [0.3, 0.4) is 0 Å².